The second-order valence-corrected chi connectivity index (χ2v) is 2.97. The number of carboxylic acid groups (broad SMARTS) is 1. The van der Waals surface area contributed by atoms with Crippen molar-refractivity contribution < 1.29 is 9.90 Å². The molecule has 6 nitrogen and oxygen atoms in total. The van der Waals surface area contributed by atoms with Gasteiger partial charge in [0.1, 0.15) is 13.0 Å². The first kappa shape index (κ1) is 11.8. The summed E-state index contributed by atoms with van der Waals surface area (Å²) >= 11 is 0. The average Bonchev–Trinajstić information content (AvgIpc) is 2.32. The first-order valence-electron chi connectivity index (χ1n) is 4.56. The molecule has 0 aromatic carbocycles. The Kier molecular flexibility index (Phi) is 4.65. The van der Waals surface area contributed by atoms with Gasteiger partial charge >= 0.3 is 5.97 Å². The topological polar surface area (TPSA) is 78.7 Å². The lowest BCUT2D eigenvalue weighted by atomic mass is 10.4. The Hall–Kier alpha value is -2.24. The molecule has 0 saturated carbocycles. The molecule has 84 valence electrons. The summed E-state index contributed by atoms with van der Waals surface area (Å²) < 4.78 is 0. The SMILES string of the molecule is CN1C=CC=NC1.O=C(O)c1ccncn1. The van der Waals surface area contributed by atoms with E-state index in [2.05, 4.69) is 15.0 Å². The molecule has 2 rings (SSSR count). The molecule has 16 heavy (non-hydrogen) atoms. The number of hydrogen-bond acceptors (Lipinski definition) is 5. The van der Waals surface area contributed by atoms with Gasteiger partial charge in [0.2, 0.25) is 0 Å². The van der Waals surface area contributed by atoms with Crippen molar-refractivity contribution in [2.75, 3.05) is 13.7 Å². The van der Waals surface area contributed by atoms with Crippen molar-refractivity contribution in [1.82, 2.24) is 14.9 Å². The van der Waals surface area contributed by atoms with Crippen LogP contribution in [-0.4, -0.2) is 45.9 Å². The highest BCUT2D eigenvalue weighted by Gasteiger charge is 1.99. The predicted octanol–water partition coefficient (Wildman–Crippen LogP) is 0.649. The summed E-state index contributed by atoms with van der Waals surface area (Å²) in [6.07, 6.45) is 8.30. The molecule has 0 bridgehead atoms. The molecule has 0 spiro atoms. The van der Waals surface area contributed by atoms with Crippen LogP contribution in [-0.2, 0) is 0 Å². The smallest absolute Gasteiger partial charge is 0.354 e. The molecule has 0 aliphatic carbocycles. The summed E-state index contributed by atoms with van der Waals surface area (Å²) in [5.74, 6) is -1.03. The van der Waals surface area contributed by atoms with Gasteiger partial charge in [-0.05, 0) is 12.1 Å². The van der Waals surface area contributed by atoms with Gasteiger partial charge in [-0.15, -0.1) is 0 Å². The molecule has 1 aliphatic heterocycles. The minimum Gasteiger partial charge on any atom is -0.477 e. The first-order chi connectivity index (χ1) is 7.70. The van der Waals surface area contributed by atoms with Gasteiger partial charge in [-0.3, -0.25) is 4.99 Å². The lowest BCUT2D eigenvalue weighted by Crippen LogP contribution is -2.12. The van der Waals surface area contributed by atoms with Gasteiger partial charge in [-0.2, -0.15) is 0 Å². The van der Waals surface area contributed by atoms with Gasteiger partial charge in [0, 0.05) is 25.7 Å². The molecular weight excluding hydrogens is 208 g/mol. The van der Waals surface area contributed by atoms with Crippen LogP contribution in [0.25, 0.3) is 0 Å². The van der Waals surface area contributed by atoms with Crippen molar-refractivity contribution in [3.05, 3.63) is 36.6 Å². The van der Waals surface area contributed by atoms with Crippen LogP contribution < -0.4 is 0 Å². The van der Waals surface area contributed by atoms with Crippen molar-refractivity contribution in [3.8, 4) is 0 Å². The van der Waals surface area contributed by atoms with E-state index in [1.807, 2.05) is 24.2 Å². The van der Waals surface area contributed by atoms with Crippen LogP contribution >= 0.6 is 0 Å². The van der Waals surface area contributed by atoms with Crippen molar-refractivity contribution in [1.29, 1.82) is 0 Å². The fourth-order valence-corrected chi connectivity index (χ4v) is 0.887. The average molecular weight is 220 g/mol. The molecule has 1 aromatic rings. The molecule has 0 unspecified atom stereocenters. The van der Waals surface area contributed by atoms with Crippen molar-refractivity contribution >= 4 is 12.2 Å². The first-order valence-corrected chi connectivity index (χ1v) is 4.56. The van der Waals surface area contributed by atoms with Crippen LogP contribution in [0.4, 0.5) is 0 Å². The van der Waals surface area contributed by atoms with Gasteiger partial charge in [-0.1, -0.05) is 0 Å². The summed E-state index contributed by atoms with van der Waals surface area (Å²) in [5.41, 5.74) is 0.0185. The second kappa shape index (κ2) is 6.28. The zero-order valence-electron chi connectivity index (χ0n) is 8.82. The Bertz CT molecular complexity index is 389. The van der Waals surface area contributed by atoms with Crippen molar-refractivity contribution in [3.63, 3.8) is 0 Å². The zero-order valence-corrected chi connectivity index (χ0v) is 8.82. The fourth-order valence-electron chi connectivity index (χ4n) is 0.887. The molecule has 0 radical (unpaired) electrons. The monoisotopic (exact) mass is 220 g/mol. The van der Waals surface area contributed by atoms with Crippen molar-refractivity contribution in [2.24, 2.45) is 4.99 Å². The number of nitrogens with zero attached hydrogens (tertiary/aromatic N) is 4. The number of allylic oxidation sites excluding steroid dienone is 1. The minimum atomic E-state index is -1.03. The van der Waals surface area contributed by atoms with Gasteiger partial charge in [-0.25, -0.2) is 14.8 Å². The molecule has 0 fully saturated rings. The maximum Gasteiger partial charge on any atom is 0.354 e. The van der Waals surface area contributed by atoms with E-state index in [4.69, 9.17) is 5.11 Å². The lowest BCUT2D eigenvalue weighted by molar-refractivity contribution is 0.0690. The summed E-state index contributed by atoms with van der Waals surface area (Å²) in [7, 11) is 1.99. The second-order valence-electron chi connectivity index (χ2n) is 2.97. The molecule has 6 heteroatoms. The van der Waals surface area contributed by atoms with E-state index < -0.39 is 5.97 Å². The molecule has 1 aromatic heterocycles. The zero-order chi connectivity index (χ0) is 11.8. The number of rotatable bonds is 1. The fraction of sp³-hybridized carbons (Fsp3) is 0.200. The third-order valence-corrected chi connectivity index (χ3v) is 1.64. The van der Waals surface area contributed by atoms with Gasteiger partial charge in [0.15, 0.2) is 5.69 Å². The molecule has 0 atom stereocenters. The van der Waals surface area contributed by atoms with Crippen LogP contribution in [0.1, 0.15) is 10.5 Å². The highest BCUT2D eigenvalue weighted by Crippen LogP contribution is 1.88. The van der Waals surface area contributed by atoms with E-state index in [0.717, 1.165) is 6.67 Å². The largest absolute Gasteiger partial charge is 0.477 e. The number of carboxylic acids is 1. The molecule has 0 saturated heterocycles. The predicted molar refractivity (Wildman–Crippen MR) is 59.3 cm³/mol. The summed E-state index contributed by atoms with van der Waals surface area (Å²) in [6, 6.07) is 1.34. The van der Waals surface area contributed by atoms with Crippen LogP contribution in [0, 0.1) is 0 Å². The molecule has 1 aliphatic rings. The third-order valence-electron chi connectivity index (χ3n) is 1.64. The lowest BCUT2D eigenvalue weighted by Gasteiger charge is -2.11. The highest BCUT2D eigenvalue weighted by atomic mass is 16.4. The van der Waals surface area contributed by atoms with E-state index >= 15 is 0 Å². The van der Waals surface area contributed by atoms with E-state index in [-0.39, 0.29) is 5.69 Å². The van der Waals surface area contributed by atoms with Gasteiger partial charge in [0.25, 0.3) is 0 Å². The van der Waals surface area contributed by atoms with E-state index in [1.54, 1.807) is 6.21 Å². The Morgan fingerprint density at radius 1 is 1.56 bits per heavy atom. The van der Waals surface area contributed by atoms with Crippen LogP contribution in [0.2, 0.25) is 0 Å². The van der Waals surface area contributed by atoms with Gasteiger partial charge < -0.3 is 10.0 Å². The summed E-state index contributed by atoms with van der Waals surface area (Å²) in [4.78, 5) is 23.1. The molecule has 1 N–H and O–H groups in total. The number of aliphatic imine (C=N–C) groups is 1. The van der Waals surface area contributed by atoms with Crippen LogP contribution in [0.5, 0.6) is 0 Å². The van der Waals surface area contributed by atoms with Crippen LogP contribution in [0.15, 0.2) is 35.9 Å². The Balaban J connectivity index is 0.000000165. The Morgan fingerprint density at radius 2 is 2.38 bits per heavy atom. The van der Waals surface area contributed by atoms with Gasteiger partial charge in [0.05, 0.1) is 0 Å². The standard InChI is InChI=1S/C5H4N2O2.C5H8N2/c8-5(9)4-1-2-6-3-7-4;1-7-4-2-3-6-5-7/h1-3H,(H,8,9);2-4H,5H2,1H3. The summed E-state index contributed by atoms with van der Waals surface area (Å²) in [5, 5.41) is 8.29. The number of carbonyl (C=O) groups is 1. The van der Waals surface area contributed by atoms with E-state index in [1.165, 1.54) is 18.6 Å². The number of aromatic nitrogens is 2. The Morgan fingerprint density at radius 3 is 2.69 bits per heavy atom. The Labute approximate surface area is 93.0 Å². The normalized spacial score (nSPS) is 12.9. The molecule has 2 heterocycles. The minimum absolute atomic E-state index is 0.0185. The maximum atomic E-state index is 10.1. The van der Waals surface area contributed by atoms with Crippen molar-refractivity contribution in [2.45, 2.75) is 0 Å². The highest BCUT2D eigenvalue weighted by molar-refractivity contribution is 5.84. The van der Waals surface area contributed by atoms with Crippen LogP contribution in [0.3, 0.4) is 0 Å². The molecule has 0 amide bonds. The molecular formula is C10H12N4O2. The van der Waals surface area contributed by atoms with E-state index in [9.17, 15) is 4.79 Å². The number of aromatic carboxylic acids is 1. The quantitative estimate of drug-likeness (QED) is 0.751. The number of hydrogen-bond donors (Lipinski definition) is 1. The third kappa shape index (κ3) is 4.32. The van der Waals surface area contributed by atoms with E-state index in [0.29, 0.717) is 0 Å². The summed E-state index contributed by atoms with van der Waals surface area (Å²) in [6.45, 7) is 0.802. The maximum absolute atomic E-state index is 10.1.